The number of ether oxygens (including phenoxy) is 1. The summed E-state index contributed by atoms with van der Waals surface area (Å²) in [6, 6.07) is 8.14. The fourth-order valence-corrected chi connectivity index (χ4v) is 2.24. The van der Waals surface area contributed by atoms with Gasteiger partial charge in [0.2, 0.25) is 5.91 Å². The molecule has 1 fully saturated rings. The van der Waals surface area contributed by atoms with Gasteiger partial charge in [0.1, 0.15) is 5.75 Å². The molecule has 4 nitrogen and oxygen atoms in total. The summed E-state index contributed by atoms with van der Waals surface area (Å²) in [7, 11) is 0. The zero-order chi connectivity index (χ0) is 13.7. The van der Waals surface area contributed by atoms with Gasteiger partial charge in [0.15, 0.2) is 0 Å². The van der Waals surface area contributed by atoms with Gasteiger partial charge < -0.3 is 15.4 Å². The summed E-state index contributed by atoms with van der Waals surface area (Å²) in [4.78, 5) is 11.5. The Kier molecular flexibility index (Phi) is 4.66. The topological polar surface area (TPSA) is 50.4 Å². The minimum atomic E-state index is 0.134. The first-order valence-corrected chi connectivity index (χ1v) is 6.93. The number of nitrogens with one attached hydrogen (secondary N) is 2. The fraction of sp³-hybridized carbons (Fsp3) is 0.533. The maximum absolute atomic E-state index is 11.5. The van der Waals surface area contributed by atoms with Crippen LogP contribution in [0.2, 0.25) is 0 Å². The first kappa shape index (κ1) is 13.7. The molecule has 1 atom stereocenters. The third-order valence-electron chi connectivity index (χ3n) is 3.08. The Balaban J connectivity index is 1.93. The van der Waals surface area contributed by atoms with E-state index in [2.05, 4.69) is 10.6 Å². The van der Waals surface area contributed by atoms with Gasteiger partial charge >= 0.3 is 0 Å². The van der Waals surface area contributed by atoms with Crippen molar-refractivity contribution in [2.24, 2.45) is 0 Å². The maximum Gasteiger partial charge on any atom is 0.222 e. The number of hydrogen-bond acceptors (Lipinski definition) is 3. The van der Waals surface area contributed by atoms with E-state index < -0.39 is 0 Å². The predicted molar refractivity (Wildman–Crippen MR) is 76.5 cm³/mol. The Hall–Kier alpha value is -1.71. The molecule has 19 heavy (non-hydrogen) atoms. The van der Waals surface area contributed by atoms with Crippen molar-refractivity contribution in [2.45, 2.75) is 45.3 Å². The van der Waals surface area contributed by atoms with Crippen LogP contribution in [-0.4, -0.2) is 24.6 Å². The summed E-state index contributed by atoms with van der Waals surface area (Å²) >= 11 is 0. The van der Waals surface area contributed by atoms with Crippen LogP contribution in [0.1, 0.15) is 33.1 Å². The maximum atomic E-state index is 11.5. The summed E-state index contributed by atoms with van der Waals surface area (Å²) in [6.45, 7) is 4.81. The average Bonchev–Trinajstić information content (AvgIpc) is 2.55. The van der Waals surface area contributed by atoms with Crippen molar-refractivity contribution in [1.82, 2.24) is 5.32 Å². The van der Waals surface area contributed by atoms with E-state index in [0.29, 0.717) is 6.42 Å². The zero-order valence-corrected chi connectivity index (χ0v) is 11.6. The Morgan fingerprint density at radius 1 is 1.32 bits per heavy atom. The molecule has 0 radical (unpaired) electrons. The van der Waals surface area contributed by atoms with E-state index in [1.165, 1.54) is 0 Å². The second kappa shape index (κ2) is 6.45. The van der Waals surface area contributed by atoms with Crippen molar-refractivity contribution in [3.05, 3.63) is 24.3 Å². The van der Waals surface area contributed by atoms with Gasteiger partial charge in [-0.1, -0.05) is 0 Å². The second-order valence-electron chi connectivity index (χ2n) is 5.23. The molecule has 0 aliphatic carbocycles. The molecule has 1 saturated heterocycles. The number of carbonyl (C=O) groups is 1. The van der Waals surface area contributed by atoms with Crippen molar-refractivity contribution in [1.29, 1.82) is 0 Å². The first-order valence-electron chi connectivity index (χ1n) is 6.93. The monoisotopic (exact) mass is 262 g/mol. The Labute approximate surface area is 114 Å². The lowest BCUT2D eigenvalue weighted by Gasteiger charge is -2.17. The van der Waals surface area contributed by atoms with Crippen LogP contribution in [0.5, 0.6) is 5.75 Å². The van der Waals surface area contributed by atoms with Gasteiger partial charge in [0.25, 0.3) is 0 Å². The average molecular weight is 262 g/mol. The molecule has 0 saturated carbocycles. The molecular weight excluding hydrogens is 240 g/mol. The lowest BCUT2D eigenvalue weighted by Crippen LogP contribution is -2.26. The van der Waals surface area contributed by atoms with Crippen molar-refractivity contribution in [3.8, 4) is 5.75 Å². The van der Waals surface area contributed by atoms with Gasteiger partial charge in [-0.2, -0.15) is 0 Å². The van der Waals surface area contributed by atoms with Crippen LogP contribution < -0.4 is 15.4 Å². The van der Waals surface area contributed by atoms with Crippen molar-refractivity contribution < 1.29 is 9.53 Å². The summed E-state index contributed by atoms with van der Waals surface area (Å²) in [6.07, 6.45) is 2.77. The number of rotatable bonds is 4. The van der Waals surface area contributed by atoms with Gasteiger partial charge in [-0.3, -0.25) is 4.79 Å². The van der Waals surface area contributed by atoms with Gasteiger partial charge in [-0.15, -0.1) is 0 Å². The molecule has 1 aromatic rings. The van der Waals surface area contributed by atoms with Crippen LogP contribution in [0.3, 0.4) is 0 Å². The number of anilines is 1. The third-order valence-corrected chi connectivity index (χ3v) is 3.08. The molecule has 0 bridgehead atoms. The molecule has 0 aromatic heterocycles. The lowest BCUT2D eigenvalue weighted by atomic mass is 10.1. The molecule has 1 aliphatic rings. The molecule has 1 aromatic carbocycles. The van der Waals surface area contributed by atoms with Crippen molar-refractivity contribution >= 4 is 11.6 Å². The molecule has 0 spiro atoms. The third kappa shape index (κ3) is 4.47. The highest BCUT2D eigenvalue weighted by Crippen LogP contribution is 2.19. The lowest BCUT2D eigenvalue weighted by molar-refractivity contribution is -0.120. The summed E-state index contributed by atoms with van der Waals surface area (Å²) in [5.41, 5.74) is 1.04. The van der Waals surface area contributed by atoms with Crippen LogP contribution in [0.15, 0.2) is 24.3 Å². The standard InChI is InChI=1S/C15H22N2O2/c1-11(2)19-14-7-5-12(6-8-14)17-13-4-3-9-16-15(18)10-13/h5-8,11,13,17H,3-4,9-10H2,1-2H3,(H,16,18). The first-order chi connectivity index (χ1) is 9.13. The SMILES string of the molecule is CC(C)Oc1ccc(NC2CCCNC(=O)C2)cc1. The molecule has 1 heterocycles. The Morgan fingerprint density at radius 2 is 2.05 bits per heavy atom. The van der Waals surface area contributed by atoms with Gasteiger partial charge in [0.05, 0.1) is 6.10 Å². The van der Waals surface area contributed by atoms with E-state index in [4.69, 9.17) is 4.74 Å². The van der Waals surface area contributed by atoms with Crippen molar-refractivity contribution in [2.75, 3.05) is 11.9 Å². The van der Waals surface area contributed by atoms with E-state index in [9.17, 15) is 4.79 Å². The molecule has 4 heteroatoms. The van der Waals surface area contributed by atoms with E-state index in [1.807, 2.05) is 38.1 Å². The van der Waals surface area contributed by atoms with E-state index in [1.54, 1.807) is 0 Å². The number of benzene rings is 1. The summed E-state index contributed by atoms with van der Waals surface area (Å²) in [5.74, 6) is 1.01. The van der Waals surface area contributed by atoms with Gasteiger partial charge in [-0.25, -0.2) is 0 Å². The second-order valence-corrected chi connectivity index (χ2v) is 5.23. The summed E-state index contributed by atoms with van der Waals surface area (Å²) < 4.78 is 5.60. The van der Waals surface area contributed by atoms with E-state index in [0.717, 1.165) is 30.8 Å². The van der Waals surface area contributed by atoms with Gasteiger partial charge in [-0.05, 0) is 51.0 Å². The molecule has 1 aliphatic heterocycles. The predicted octanol–water partition coefficient (Wildman–Crippen LogP) is 2.55. The number of carbonyl (C=O) groups excluding carboxylic acids is 1. The molecule has 1 amide bonds. The highest BCUT2D eigenvalue weighted by Gasteiger charge is 2.16. The fourth-order valence-electron chi connectivity index (χ4n) is 2.24. The smallest absolute Gasteiger partial charge is 0.222 e. The van der Waals surface area contributed by atoms with Crippen molar-refractivity contribution in [3.63, 3.8) is 0 Å². The van der Waals surface area contributed by atoms with Crippen LogP contribution in [0.25, 0.3) is 0 Å². The Bertz CT molecular complexity index is 415. The minimum absolute atomic E-state index is 0.134. The summed E-state index contributed by atoms with van der Waals surface area (Å²) in [5, 5.41) is 6.31. The highest BCUT2D eigenvalue weighted by molar-refractivity contribution is 5.77. The largest absolute Gasteiger partial charge is 0.491 e. The molecule has 2 rings (SSSR count). The number of hydrogen-bond donors (Lipinski definition) is 2. The molecule has 104 valence electrons. The van der Waals surface area contributed by atoms with Crippen LogP contribution in [0, 0.1) is 0 Å². The molecule has 1 unspecified atom stereocenters. The molecule has 2 N–H and O–H groups in total. The Morgan fingerprint density at radius 3 is 2.74 bits per heavy atom. The highest BCUT2D eigenvalue weighted by atomic mass is 16.5. The number of amides is 1. The molecular formula is C15H22N2O2. The van der Waals surface area contributed by atoms with E-state index in [-0.39, 0.29) is 18.1 Å². The zero-order valence-electron chi connectivity index (χ0n) is 11.6. The van der Waals surface area contributed by atoms with E-state index >= 15 is 0 Å². The quantitative estimate of drug-likeness (QED) is 0.876. The van der Waals surface area contributed by atoms with Gasteiger partial charge in [0, 0.05) is 24.7 Å². The van der Waals surface area contributed by atoms with Crippen LogP contribution >= 0.6 is 0 Å². The minimum Gasteiger partial charge on any atom is -0.491 e. The normalized spacial score (nSPS) is 19.7. The van der Waals surface area contributed by atoms with Crippen LogP contribution in [-0.2, 0) is 4.79 Å². The van der Waals surface area contributed by atoms with Crippen LogP contribution in [0.4, 0.5) is 5.69 Å².